The Morgan fingerprint density at radius 3 is 1.28 bits per heavy atom. The van der Waals surface area contributed by atoms with Crippen LogP contribution in [0.5, 0.6) is 0 Å². The van der Waals surface area contributed by atoms with Gasteiger partial charge in [0.05, 0.1) is 22.1 Å². The maximum atomic E-state index is 2.63. The van der Waals surface area contributed by atoms with E-state index in [1.807, 2.05) is 0 Å². The normalized spacial score (nSPS) is 11.9. The molecule has 0 aliphatic carbocycles. The summed E-state index contributed by atoms with van der Waals surface area (Å²) in [6.45, 7) is 6.84. The molecule has 0 aliphatic heterocycles. The third kappa shape index (κ3) is 4.90. The zero-order chi connectivity index (χ0) is 22.2. The van der Waals surface area contributed by atoms with E-state index in [1.54, 1.807) is 0 Å². The van der Waals surface area contributed by atoms with Crippen LogP contribution in [0.4, 0.5) is 0 Å². The Kier molecular flexibility index (Phi) is 8.31. The van der Waals surface area contributed by atoms with Crippen LogP contribution in [-0.2, 0) is 13.1 Å². The lowest BCUT2D eigenvalue weighted by Gasteiger charge is -2.08. The zero-order valence-electron chi connectivity index (χ0n) is 20.4. The van der Waals surface area contributed by atoms with E-state index in [-0.39, 0.29) is 0 Å². The van der Waals surface area contributed by atoms with Crippen molar-refractivity contribution in [3.63, 3.8) is 0 Å². The molecule has 0 fully saturated rings. The van der Waals surface area contributed by atoms with Crippen molar-refractivity contribution in [2.75, 3.05) is 0 Å². The maximum absolute atomic E-state index is 2.63. The Morgan fingerprint density at radius 2 is 0.844 bits per heavy atom. The molecule has 0 spiro atoms. The molecule has 0 saturated heterocycles. The molecule has 2 heteroatoms. The fourth-order valence-corrected chi connectivity index (χ4v) is 5.43. The van der Waals surface area contributed by atoms with E-state index in [1.165, 1.54) is 110 Å². The first kappa shape index (κ1) is 23.0. The molecule has 0 radical (unpaired) electrons. The van der Waals surface area contributed by atoms with E-state index in [2.05, 4.69) is 71.5 Å². The summed E-state index contributed by atoms with van der Waals surface area (Å²) in [4.78, 5) is 0. The Morgan fingerprint density at radius 1 is 0.469 bits per heavy atom. The topological polar surface area (TPSA) is 9.86 Å². The van der Waals surface area contributed by atoms with E-state index in [0.717, 1.165) is 13.1 Å². The highest BCUT2D eigenvalue weighted by molar-refractivity contribution is 6.18. The summed E-state index contributed by atoms with van der Waals surface area (Å²) in [7, 11) is 0. The molecule has 0 unspecified atom stereocenters. The third-order valence-electron chi connectivity index (χ3n) is 7.13. The van der Waals surface area contributed by atoms with E-state index in [0.29, 0.717) is 0 Å². The van der Waals surface area contributed by atoms with Crippen molar-refractivity contribution in [1.29, 1.82) is 0 Å². The minimum atomic E-state index is 1.13. The highest BCUT2D eigenvalue weighted by atomic mass is 15.1. The van der Waals surface area contributed by atoms with Crippen LogP contribution >= 0.6 is 0 Å². The van der Waals surface area contributed by atoms with Gasteiger partial charge in [-0.05, 0) is 25.0 Å². The molecule has 0 bridgehead atoms. The number of benzene rings is 2. The Bertz CT molecular complexity index is 1020. The number of fused-ring (bicyclic) bond motifs is 5. The summed E-state index contributed by atoms with van der Waals surface area (Å²) in [6, 6.07) is 18.2. The fraction of sp³-hybridized carbons (Fsp3) is 0.533. The van der Waals surface area contributed by atoms with Gasteiger partial charge in [-0.2, -0.15) is 0 Å². The van der Waals surface area contributed by atoms with Gasteiger partial charge in [-0.3, -0.25) is 0 Å². The predicted octanol–water partition coefficient (Wildman–Crippen LogP) is 9.47. The molecule has 2 nitrogen and oxygen atoms in total. The van der Waals surface area contributed by atoms with E-state index in [4.69, 9.17) is 0 Å². The van der Waals surface area contributed by atoms with Crippen molar-refractivity contribution in [3.05, 3.63) is 48.5 Å². The van der Waals surface area contributed by atoms with Crippen LogP contribution in [-0.4, -0.2) is 9.13 Å². The van der Waals surface area contributed by atoms with Crippen molar-refractivity contribution in [3.8, 4) is 0 Å². The third-order valence-corrected chi connectivity index (χ3v) is 7.13. The summed E-state index contributed by atoms with van der Waals surface area (Å²) in [5.74, 6) is 0. The number of aromatic nitrogens is 2. The summed E-state index contributed by atoms with van der Waals surface area (Å²) in [5, 5.41) is 2.85. The van der Waals surface area contributed by atoms with Gasteiger partial charge in [-0.15, -0.1) is 0 Å². The van der Waals surface area contributed by atoms with Gasteiger partial charge in [0.25, 0.3) is 0 Å². The fourth-order valence-electron chi connectivity index (χ4n) is 5.43. The predicted molar refractivity (Wildman–Crippen MR) is 142 cm³/mol. The van der Waals surface area contributed by atoms with Gasteiger partial charge in [0.15, 0.2) is 0 Å². The summed E-state index contributed by atoms with van der Waals surface area (Å²) in [5.41, 5.74) is 5.74. The van der Waals surface area contributed by atoms with E-state index >= 15 is 0 Å². The summed E-state index contributed by atoms with van der Waals surface area (Å²) >= 11 is 0. The molecule has 0 N–H and O–H groups in total. The monoisotopic (exact) mass is 430 g/mol. The van der Waals surface area contributed by atoms with Gasteiger partial charge in [0.1, 0.15) is 0 Å². The largest absolute Gasteiger partial charge is 0.339 e. The van der Waals surface area contributed by atoms with E-state index in [9.17, 15) is 0 Å². The zero-order valence-corrected chi connectivity index (χ0v) is 20.4. The van der Waals surface area contributed by atoms with E-state index < -0.39 is 0 Å². The Hall–Kier alpha value is -2.22. The number of hydrogen-bond donors (Lipinski definition) is 0. The number of hydrogen-bond acceptors (Lipinski definition) is 0. The first-order valence-corrected chi connectivity index (χ1v) is 13.3. The minimum absolute atomic E-state index is 1.13. The van der Waals surface area contributed by atoms with Crippen LogP contribution in [0.15, 0.2) is 48.5 Å². The van der Waals surface area contributed by atoms with Gasteiger partial charge in [0.2, 0.25) is 0 Å². The lowest BCUT2D eigenvalue weighted by molar-refractivity contribution is 0.569. The second-order valence-corrected chi connectivity index (χ2v) is 9.57. The molecule has 0 amide bonds. The number of para-hydroxylation sites is 2. The molecule has 2 aromatic heterocycles. The first-order chi connectivity index (χ1) is 15.9. The van der Waals surface area contributed by atoms with Crippen molar-refractivity contribution < 1.29 is 0 Å². The molecule has 0 atom stereocenters. The number of rotatable bonds is 14. The molecule has 172 valence electrons. The highest BCUT2D eigenvalue weighted by Gasteiger charge is 2.19. The van der Waals surface area contributed by atoms with Crippen LogP contribution in [0, 0.1) is 0 Å². The SMILES string of the molecule is CCCCCCCCn1c2ccccc2c2c1c1ccccc1n2CCCCCCCC. The lowest BCUT2D eigenvalue weighted by atomic mass is 10.1. The number of aryl methyl sites for hydroxylation is 2. The van der Waals surface area contributed by atoms with Crippen LogP contribution in [0.2, 0.25) is 0 Å². The lowest BCUT2D eigenvalue weighted by Crippen LogP contribution is -1.97. The van der Waals surface area contributed by atoms with Crippen molar-refractivity contribution in [2.45, 2.75) is 104 Å². The molecular formula is C30H42N2. The van der Waals surface area contributed by atoms with Crippen LogP contribution < -0.4 is 0 Å². The molecule has 0 aliphatic rings. The summed E-state index contributed by atoms with van der Waals surface area (Å²) < 4.78 is 5.26. The Labute approximate surface area is 194 Å². The smallest absolute Gasteiger partial charge is 0.0754 e. The second kappa shape index (κ2) is 11.6. The molecular weight excluding hydrogens is 388 g/mol. The second-order valence-electron chi connectivity index (χ2n) is 9.57. The van der Waals surface area contributed by atoms with Crippen molar-refractivity contribution >= 4 is 32.8 Å². The van der Waals surface area contributed by atoms with Crippen molar-refractivity contribution in [2.24, 2.45) is 0 Å². The molecule has 4 aromatic rings. The average Bonchev–Trinajstić information content (AvgIpc) is 3.32. The summed E-state index contributed by atoms with van der Waals surface area (Å²) in [6.07, 6.45) is 16.1. The number of unbranched alkanes of at least 4 members (excludes halogenated alkanes) is 10. The van der Waals surface area contributed by atoms with Crippen molar-refractivity contribution in [1.82, 2.24) is 9.13 Å². The molecule has 4 rings (SSSR count). The van der Waals surface area contributed by atoms with Gasteiger partial charge in [-0.25, -0.2) is 0 Å². The first-order valence-electron chi connectivity index (χ1n) is 13.3. The van der Waals surface area contributed by atoms with Gasteiger partial charge in [-0.1, -0.05) is 114 Å². The molecule has 2 heterocycles. The van der Waals surface area contributed by atoms with Crippen LogP contribution in [0.3, 0.4) is 0 Å². The standard InChI is InChI=1S/C30H42N2/c1-3-5-7-9-11-17-23-31-27-21-15-13-19-25(27)30-29(31)26-20-14-16-22-28(26)32(30)24-18-12-10-8-6-4-2/h13-16,19-22H,3-12,17-18,23-24H2,1-2H3. The van der Waals surface area contributed by atoms with Crippen LogP contribution in [0.1, 0.15) is 90.9 Å². The van der Waals surface area contributed by atoms with Gasteiger partial charge in [0, 0.05) is 23.9 Å². The molecule has 0 saturated carbocycles. The van der Waals surface area contributed by atoms with Gasteiger partial charge >= 0.3 is 0 Å². The molecule has 32 heavy (non-hydrogen) atoms. The number of nitrogens with zero attached hydrogens (tertiary/aromatic N) is 2. The maximum Gasteiger partial charge on any atom is 0.0754 e. The molecule has 2 aromatic carbocycles. The Balaban J connectivity index is 1.65. The average molecular weight is 431 g/mol. The highest BCUT2D eigenvalue weighted by Crippen LogP contribution is 2.37. The van der Waals surface area contributed by atoms with Crippen LogP contribution in [0.25, 0.3) is 32.8 Å². The quantitative estimate of drug-likeness (QED) is 0.176. The van der Waals surface area contributed by atoms with Gasteiger partial charge < -0.3 is 9.13 Å². The minimum Gasteiger partial charge on any atom is -0.339 e.